The van der Waals surface area contributed by atoms with Gasteiger partial charge in [0.15, 0.2) is 0 Å². The maximum Gasteiger partial charge on any atom is 0.314 e. The molecule has 0 aromatic rings. The van der Waals surface area contributed by atoms with Gasteiger partial charge in [-0.25, -0.2) is 4.79 Å². The molecule has 0 aromatic heterocycles. The Morgan fingerprint density at radius 2 is 1.71 bits per heavy atom. The Morgan fingerprint density at radius 1 is 1.00 bits per heavy atom. The van der Waals surface area contributed by atoms with E-state index in [2.05, 4.69) is 10.6 Å². The van der Waals surface area contributed by atoms with Gasteiger partial charge in [0.2, 0.25) is 0 Å². The molecule has 6 nitrogen and oxygen atoms in total. The average Bonchev–Trinajstić information content (AvgIpc) is 2.48. The van der Waals surface area contributed by atoms with E-state index in [1.165, 1.54) is 19.3 Å². The third-order valence-electron chi connectivity index (χ3n) is 3.65. The summed E-state index contributed by atoms with van der Waals surface area (Å²) < 4.78 is 5.72. The predicted octanol–water partition coefficient (Wildman–Crippen LogP) is 2.28. The maximum absolute atomic E-state index is 11.5. The highest BCUT2D eigenvalue weighted by molar-refractivity contribution is 5.73. The number of carbonyl (C=O) groups excluding carboxylic acids is 1. The molecule has 1 fully saturated rings. The van der Waals surface area contributed by atoms with E-state index in [4.69, 9.17) is 9.84 Å². The van der Waals surface area contributed by atoms with Crippen LogP contribution >= 0.6 is 0 Å². The third kappa shape index (κ3) is 10.1. The number of nitrogens with one attached hydrogen (secondary N) is 2. The first-order chi connectivity index (χ1) is 10.2. The van der Waals surface area contributed by atoms with Gasteiger partial charge in [-0.1, -0.05) is 25.7 Å². The van der Waals surface area contributed by atoms with E-state index < -0.39 is 5.97 Å². The second-order valence-electron chi connectivity index (χ2n) is 5.52. The summed E-state index contributed by atoms with van der Waals surface area (Å²) in [5.41, 5.74) is 0. The minimum Gasteiger partial charge on any atom is -0.481 e. The van der Waals surface area contributed by atoms with Crippen molar-refractivity contribution in [3.8, 4) is 0 Å². The number of aliphatic carboxylic acids is 1. The molecular formula is C15H28N2O4. The fourth-order valence-electron chi connectivity index (χ4n) is 2.46. The lowest BCUT2D eigenvalue weighted by atomic mass is 9.98. The molecule has 1 aliphatic rings. The zero-order chi connectivity index (χ0) is 15.3. The summed E-state index contributed by atoms with van der Waals surface area (Å²) in [5.74, 6) is -0.765. The van der Waals surface area contributed by atoms with Crippen molar-refractivity contribution < 1.29 is 19.4 Å². The lowest BCUT2D eigenvalue weighted by molar-refractivity contribution is -0.137. The van der Waals surface area contributed by atoms with E-state index in [-0.39, 0.29) is 12.5 Å². The summed E-state index contributed by atoms with van der Waals surface area (Å²) in [6.07, 6.45) is 8.95. The van der Waals surface area contributed by atoms with Crippen LogP contribution in [0.15, 0.2) is 0 Å². The van der Waals surface area contributed by atoms with Crippen molar-refractivity contribution in [3.05, 3.63) is 0 Å². The van der Waals surface area contributed by atoms with E-state index in [0.717, 1.165) is 25.7 Å². The number of hydrogen-bond acceptors (Lipinski definition) is 3. The SMILES string of the molecule is O=C(O)CCCCCNC(=O)NCCOC1CCCCC1. The van der Waals surface area contributed by atoms with E-state index in [1.807, 2.05) is 0 Å². The van der Waals surface area contributed by atoms with Crippen LogP contribution in [0, 0.1) is 0 Å². The number of unbranched alkanes of at least 4 members (excludes halogenated alkanes) is 2. The third-order valence-corrected chi connectivity index (χ3v) is 3.65. The Kier molecular flexibility index (Phi) is 9.61. The molecule has 0 heterocycles. The number of carbonyl (C=O) groups is 2. The van der Waals surface area contributed by atoms with Crippen LogP contribution < -0.4 is 10.6 Å². The van der Waals surface area contributed by atoms with Crippen LogP contribution in [-0.4, -0.2) is 42.9 Å². The van der Waals surface area contributed by atoms with Crippen molar-refractivity contribution in [3.63, 3.8) is 0 Å². The first kappa shape index (κ1) is 17.8. The molecule has 0 saturated heterocycles. The number of carboxylic acids is 1. The summed E-state index contributed by atoms with van der Waals surface area (Å²) in [4.78, 5) is 21.8. The number of ether oxygens (including phenoxy) is 1. The van der Waals surface area contributed by atoms with Gasteiger partial charge in [-0.05, 0) is 25.7 Å². The minimum absolute atomic E-state index is 0.180. The molecule has 122 valence electrons. The van der Waals surface area contributed by atoms with Gasteiger partial charge in [-0.3, -0.25) is 4.79 Å². The maximum atomic E-state index is 11.5. The molecule has 0 bridgehead atoms. The molecule has 2 amide bonds. The molecule has 21 heavy (non-hydrogen) atoms. The number of amides is 2. The molecule has 1 rings (SSSR count). The Bertz CT molecular complexity index is 304. The Hall–Kier alpha value is -1.30. The van der Waals surface area contributed by atoms with Gasteiger partial charge in [0, 0.05) is 19.5 Å². The van der Waals surface area contributed by atoms with Crippen LogP contribution in [0.1, 0.15) is 57.8 Å². The summed E-state index contributed by atoms with van der Waals surface area (Å²) in [7, 11) is 0. The monoisotopic (exact) mass is 300 g/mol. The smallest absolute Gasteiger partial charge is 0.314 e. The highest BCUT2D eigenvalue weighted by Crippen LogP contribution is 2.19. The van der Waals surface area contributed by atoms with Crippen molar-refractivity contribution in [1.82, 2.24) is 10.6 Å². The number of urea groups is 1. The molecular weight excluding hydrogens is 272 g/mol. The second kappa shape index (κ2) is 11.4. The number of rotatable bonds is 10. The summed E-state index contributed by atoms with van der Waals surface area (Å²) in [6, 6.07) is -0.180. The fourth-order valence-corrected chi connectivity index (χ4v) is 2.46. The molecule has 0 unspecified atom stereocenters. The number of carboxylic acid groups (broad SMARTS) is 1. The Labute approximate surface area is 126 Å². The Morgan fingerprint density at radius 3 is 2.43 bits per heavy atom. The molecule has 1 saturated carbocycles. The highest BCUT2D eigenvalue weighted by Gasteiger charge is 2.13. The topological polar surface area (TPSA) is 87.7 Å². The van der Waals surface area contributed by atoms with Crippen LogP contribution in [0.2, 0.25) is 0 Å². The van der Waals surface area contributed by atoms with Gasteiger partial charge in [0.05, 0.1) is 12.7 Å². The standard InChI is InChI=1S/C15H28N2O4/c18-14(19)9-5-2-6-10-16-15(20)17-11-12-21-13-7-3-1-4-8-13/h13H,1-12H2,(H,18,19)(H2,16,17,20). The van der Waals surface area contributed by atoms with Crippen molar-refractivity contribution in [1.29, 1.82) is 0 Å². The van der Waals surface area contributed by atoms with Crippen molar-refractivity contribution in [2.45, 2.75) is 63.9 Å². The Balaban J connectivity index is 1.86. The van der Waals surface area contributed by atoms with Crippen molar-refractivity contribution in [2.75, 3.05) is 19.7 Å². The van der Waals surface area contributed by atoms with Crippen LogP contribution in [0.5, 0.6) is 0 Å². The van der Waals surface area contributed by atoms with E-state index in [0.29, 0.717) is 32.2 Å². The lowest BCUT2D eigenvalue weighted by Crippen LogP contribution is -2.38. The number of hydrogen-bond donors (Lipinski definition) is 3. The second-order valence-corrected chi connectivity index (χ2v) is 5.52. The molecule has 0 aliphatic heterocycles. The fraction of sp³-hybridized carbons (Fsp3) is 0.867. The molecule has 0 aromatic carbocycles. The van der Waals surface area contributed by atoms with E-state index >= 15 is 0 Å². The summed E-state index contributed by atoms with van der Waals surface area (Å²) in [6.45, 7) is 1.67. The molecule has 1 aliphatic carbocycles. The summed E-state index contributed by atoms with van der Waals surface area (Å²) in [5, 5.41) is 14.0. The van der Waals surface area contributed by atoms with Gasteiger partial charge < -0.3 is 20.5 Å². The van der Waals surface area contributed by atoms with E-state index in [1.54, 1.807) is 0 Å². The average molecular weight is 300 g/mol. The predicted molar refractivity (Wildman–Crippen MR) is 80.3 cm³/mol. The van der Waals surface area contributed by atoms with Gasteiger partial charge in [0.1, 0.15) is 0 Å². The van der Waals surface area contributed by atoms with Crippen LogP contribution in [-0.2, 0) is 9.53 Å². The van der Waals surface area contributed by atoms with Crippen molar-refractivity contribution >= 4 is 12.0 Å². The summed E-state index contributed by atoms with van der Waals surface area (Å²) >= 11 is 0. The van der Waals surface area contributed by atoms with Gasteiger partial charge in [-0.15, -0.1) is 0 Å². The highest BCUT2D eigenvalue weighted by atomic mass is 16.5. The first-order valence-electron chi connectivity index (χ1n) is 8.03. The molecule has 3 N–H and O–H groups in total. The van der Waals surface area contributed by atoms with Gasteiger partial charge in [-0.2, -0.15) is 0 Å². The normalized spacial score (nSPS) is 15.6. The van der Waals surface area contributed by atoms with E-state index in [9.17, 15) is 9.59 Å². The quantitative estimate of drug-likeness (QED) is 0.540. The largest absolute Gasteiger partial charge is 0.481 e. The molecule has 0 spiro atoms. The zero-order valence-corrected chi connectivity index (χ0v) is 12.7. The zero-order valence-electron chi connectivity index (χ0n) is 12.7. The van der Waals surface area contributed by atoms with Crippen molar-refractivity contribution in [2.24, 2.45) is 0 Å². The van der Waals surface area contributed by atoms with Gasteiger partial charge >= 0.3 is 12.0 Å². The molecule has 6 heteroatoms. The first-order valence-corrected chi connectivity index (χ1v) is 8.03. The van der Waals surface area contributed by atoms with Gasteiger partial charge in [0.25, 0.3) is 0 Å². The van der Waals surface area contributed by atoms with Crippen LogP contribution in [0.3, 0.4) is 0 Å². The minimum atomic E-state index is -0.765. The molecule has 0 radical (unpaired) electrons. The van der Waals surface area contributed by atoms with Crippen LogP contribution in [0.25, 0.3) is 0 Å². The molecule has 0 atom stereocenters. The van der Waals surface area contributed by atoms with Crippen LogP contribution in [0.4, 0.5) is 4.79 Å². The lowest BCUT2D eigenvalue weighted by Gasteiger charge is -2.22.